The lowest BCUT2D eigenvalue weighted by Gasteiger charge is -2.44. The summed E-state index contributed by atoms with van der Waals surface area (Å²) in [6.45, 7) is 4.77. The summed E-state index contributed by atoms with van der Waals surface area (Å²) in [5.41, 5.74) is -2.56. The van der Waals surface area contributed by atoms with Crippen LogP contribution in [-0.2, 0) is 20.4 Å². The molecule has 12 heteroatoms. The Hall–Kier alpha value is -1.83. The first-order chi connectivity index (χ1) is 17.3. The number of nitrogens with one attached hydrogen (secondary N) is 1. The third-order valence-electron chi connectivity index (χ3n) is 7.03. The Kier molecular flexibility index (Phi) is 8.18. The molecular weight excluding hydrogens is 527 g/mol. The molecule has 0 saturated carbocycles. The number of halogens is 3. The monoisotopic (exact) mass is 559 g/mol. The Morgan fingerprint density at radius 1 is 1.14 bits per heavy atom. The summed E-state index contributed by atoms with van der Waals surface area (Å²) in [4.78, 5) is 2.54. The molecule has 0 aromatic heterocycles. The molecule has 2 heterocycles. The highest BCUT2D eigenvalue weighted by atomic mass is 32.2. The van der Waals surface area contributed by atoms with Crippen LogP contribution in [0.4, 0.5) is 18.9 Å². The van der Waals surface area contributed by atoms with Crippen molar-refractivity contribution in [3.8, 4) is 0 Å². The highest BCUT2D eigenvalue weighted by Crippen LogP contribution is 2.39. The molecule has 0 amide bonds. The maximum Gasteiger partial charge on any atom is 0.421 e. The number of thiol groups is 1. The number of ether oxygens (including phenoxy) is 1. The molecule has 0 bridgehead atoms. The van der Waals surface area contributed by atoms with E-state index in [1.54, 1.807) is 30.3 Å². The first-order valence-electron chi connectivity index (χ1n) is 12.1. The molecule has 0 aliphatic carbocycles. The summed E-state index contributed by atoms with van der Waals surface area (Å²) < 4.78 is 73.5. The fourth-order valence-electron chi connectivity index (χ4n) is 4.75. The van der Waals surface area contributed by atoms with E-state index < -0.39 is 21.8 Å². The number of sulfonamides is 1. The Morgan fingerprint density at radius 3 is 2.35 bits per heavy atom. The predicted octanol–water partition coefficient (Wildman–Crippen LogP) is 3.39. The average molecular weight is 560 g/mol. The van der Waals surface area contributed by atoms with Crippen LogP contribution < -0.4 is 10.2 Å². The van der Waals surface area contributed by atoms with Crippen LogP contribution in [0, 0.1) is 0 Å². The zero-order valence-corrected chi connectivity index (χ0v) is 22.4. The second kappa shape index (κ2) is 10.7. The third-order valence-corrected chi connectivity index (χ3v) is 9.49. The molecule has 2 N–H and O–H groups in total. The molecule has 2 fully saturated rings. The van der Waals surface area contributed by atoms with Gasteiger partial charge in [-0.05, 0) is 50.1 Å². The summed E-state index contributed by atoms with van der Waals surface area (Å²) in [6, 6.07) is 12.2. The molecular formula is C25H32F3N3O4S2. The molecule has 4 rings (SSSR count). The minimum atomic E-state index is -4.81. The van der Waals surface area contributed by atoms with Gasteiger partial charge in [-0.3, -0.25) is 0 Å². The van der Waals surface area contributed by atoms with Gasteiger partial charge in [0.1, 0.15) is 0 Å². The van der Waals surface area contributed by atoms with Gasteiger partial charge in [-0.1, -0.05) is 24.3 Å². The van der Waals surface area contributed by atoms with Gasteiger partial charge in [-0.2, -0.15) is 17.5 Å². The van der Waals surface area contributed by atoms with Gasteiger partial charge in [-0.25, -0.2) is 8.42 Å². The number of anilines is 1. The molecule has 2 aromatic rings. The summed E-state index contributed by atoms with van der Waals surface area (Å²) in [6.07, 6.45) is -4.21. The van der Waals surface area contributed by atoms with Crippen molar-refractivity contribution in [3.05, 3.63) is 54.1 Å². The Morgan fingerprint density at radius 2 is 1.78 bits per heavy atom. The lowest BCUT2D eigenvalue weighted by Crippen LogP contribution is -2.57. The van der Waals surface area contributed by atoms with Crippen molar-refractivity contribution in [2.75, 3.05) is 37.7 Å². The highest BCUT2D eigenvalue weighted by molar-refractivity contribution is 7.90. The number of benzene rings is 2. The van der Waals surface area contributed by atoms with Crippen LogP contribution in [0.3, 0.4) is 0 Å². The molecule has 3 atom stereocenters. The van der Waals surface area contributed by atoms with Gasteiger partial charge in [-0.15, -0.1) is 12.6 Å². The number of alkyl halides is 3. The number of nitrogens with zero attached hydrogens (tertiary/aromatic N) is 2. The van der Waals surface area contributed by atoms with Gasteiger partial charge in [0.15, 0.2) is 5.60 Å². The largest absolute Gasteiger partial charge is 0.421 e. The molecule has 7 nitrogen and oxygen atoms in total. The van der Waals surface area contributed by atoms with Gasteiger partial charge in [0.05, 0.1) is 24.2 Å². The van der Waals surface area contributed by atoms with Crippen molar-refractivity contribution in [3.63, 3.8) is 0 Å². The smallest absolute Gasteiger partial charge is 0.378 e. The minimum absolute atomic E-state index is 0.0476. The number of rotatable bonds is 8. The van der Waals surface area contributed by atoms with Crippen molar-refractivity contribution in [1.29, 1.82) is 0 Å². The van der Waals surface area contributed by atoms with E-state index in [2.05, 4.69) is 17.9 Å². The standard InChI is InChI=1S/C25H32F3N3O4S2/c1-17(29-19-15-35-16-19)13-21-14-30(37(33,34)23-6-4-3-5-22(23)36)11-12-31(21)20-9-7-18(8-10-20)24(2,32)25(26,27)28/h3-10,17,19,21,29,32,36H,11-16H2,1-2H3/t17-,21-,24+/m0/s1. The number of aliphatic hydroxyl groups is 1. The lowest BCUT2D eigenvalue weighted by atomic mass is 9.94. The molecule has 0 unspecified atom stereocenters. The van der Waals surface area contributed by atoms with Crippen LogP contribution in [0.25, 0.3) is 0 Å². The maximum absolute atomic E-state index is 13.5. The molecule has 2 aliphatic rings. The van der Waals surface area contributed by atoms with Gasteiger partial charge in [0.2, 0.25) is 10.0 Å². The fourth-order valence-corrected chi connectivity index (χ4v) is 6.81. The van der Waals surface area contributed by atoms with E-state index in [9.17, 15) is 26.7 Å². The molecule has 2 saturated heterocycles. The number of piperazine rings is 1. The maximum atomic E-state index is 13.5. The SMILES string of the molecule is C[C@@H](C[C@H]1CN(S(=O)(=O)c2ccccc2S)CCN1c1ccc([C@@](C)(O)C(F)(F)F)cc1)NC1COC1. The van der Waals surface area contributed by atoms with Crippen LogP contribution in [-0.4, -0.2) is 75.0 Å². The summed E-state index contributed by atoms with van der Waals surface area (Å²) in [5.74, 6) is 0. The quantitative estimate of drug-likeness (QED) is 0.431. The Labute approximate surface area is 221 Å². The third kappa shape index (κ3) is 5.94. The van der Waals surface area contributed by atoms with E-state index in [4.69, 9.17) is 4.74 Å². The molecule has 204 valence electrons. The molecule has 2 aliphatic heterocycles. The van der Waals surface area contributed by atoms with E-state index in [0.717, 1.165) is 6.92 Å². The lowest BCUT2D eigenvalue weighted by molar-refractivity contribution is -0.258. The molecule has 37 heavy (non-hydrogen) atoms. The minimum Gasteiger partial charge on any atom is -0.378 e. The van der Waals surface area contributed by atoms with Gasteiger partial charge < -0.3 is 20.1 Å². The number of hydrogen-bond acceptors (Lipinski definition) is 7. The van der Waals surface area contributed by atoms with Crippen molar-refractivity contribution in [2.45, 2.75) is 60.0 Å². The van der Waals surface area contributed by atoms with Gasteiger partial charge >= 0.3 is 6.18 Å². The first-order valence-corrected chi connectivity index (χ1v) is 14.0. The van der Waals surface area contributed by atoms with Crippen LogP contribution in [0.15, 0.2) is 58.3 Å². The topological polar surface area (TPSA) is 82.1 Å². The van der Waals surface area contributed by atoms with E-state index in [1.807, 2.05) is 11.8 Å². The van der Waals surface area contributed by atoms with Gasteiger partial charge in [0, 0.05) is 42.3 Å². The van der Waals surface area contributed by atoms with E-state index in [-0.39, 0.29) is 41.7 Å². The van der Waals surface area contributed by atoms with Crippen molar-refractivity contribution in [2.24, 2.45) is 0 Å². The molecule has 2 aromatic carbocycles. The highest BCUT2D eigenvalue weighted by Gasteiger charge is 2.51. The van der Waals surface area contributed by atoms with Crippen molar-refractivity contribution >= 4 is 28.3 Å². The Bertz CT molecular complexity index is 1190. The first kappa shape index (κ1) is 28.2. The van der Waals surface area contributed by atoms with Crippen LogP contribution >= 0.6 is 12.6 Å². The summed E-state index contributed by atoms with van der Waals surface area (Å²) in [7, 11) is -3.79. The second-order valence-electron chi connectivity index (χ2n) is 9.83. The van der Waals surface area contributed by atoms with Crippen molar-refractivity contribution in [1.82, 2.24) is 9.62 Å². The van der Waals surface area contributed by atoms with Crippen LogP contribution in [0.1, 0.15) is 25.8 Å². The van der Waals surface area contributed by atoms with Gasteiger partial charge in [0.25, 0.3) is 0 Å². The van der Waals surface area contributed by atoms with Crippen molar-refractivity contribution < 1.29 is 31.4 Å². The molecule has 0 radical (unpaired) electrons. The normalized spacial score (nSPS) is 22.4. The zero-order valence-electron chi connectivity index (χ0n) is 20.6. The summed E-state index contributed by atoms with van der Waals surface area (Å²) >= 11 is 4.33. The zero-order chi connectivity index (χ0) is 27.0. The Balaban J connectivity index is 1.58. The fraction of sp³-hybridized carbons (Fsp3) is 0.520. The van der Waals surface area contributed by atoms with E-state index >= 15 is 0 Å². The average Bonchev–Trinajstić information content (AvgIpc) is 2.81. The van der Waals surface area contributed by atoms with E-state index in [0.29, 0.717) is 36.8 Å². The van der Waals surface area contributed by atoms with Crippen LogP contribution in [0.2, 0.25) is 0 Å². The summed E-state index contributed by atoms with van der Waals surface area (Å²) in [5, 5.41) is 13.5. The predicted molar refractivity (Wildman–Crippen MR) is 137 cm³/mol. The second-order valence-corrected chi connectivity index (χ2v) is 12.2. The number of hydrogen-bond donors (Lipinski definition) is 3. The van der Waals surface area contributed by atoms with E-state index in [1.165, 1.54) is 22.5 Å². The van der Waals surface area contributed by atoms with Crippen LogP contribution in [0.5, 0.6) is 0 Å². The molecule has 0 spiro atoms.